The molecule has 0 radical (unpaired) electrons. The number of ether oxygens (including phenoxy) is 2. The van der Waals surface area contributed by atoms with E-state index in [4.69, 9.17) is 9.47 Å². The number of amides is 2. The van der Waals surface area contributed by atoms with Gasteiger partial charge in [-0.2, -0.15) is 0 Å². The van der Waals surface area contributed by atoms with Crippen LogP contribution in [-0.4, -0.2) is 86.1 Å². The molecule has 0 aromatic carbocycles. The van der Waals surface area contributed by atoms with E-state index in [1.54, 1.807) is 0 Å². The third-order valence-corrected chi connectivity index (χ3v) is 6.35. The third-order valence-electron chi connectivity index (χ3n) is 6.35. The molecule has 166 valence electrons. The first kappa shape index (κ1) is 22.5. The fourth-order valence-corrected chi connectivity index (χ4v) is 4.59. The summed E-state index contributed by atoms with van der Waals surface area (Å²) in [6, 6.07) is -0.165. The second kappa shape index (κ2) is 11.8. The van der Waals surface area contributed by atoms with Crippen molar-refractivity contribution in [2.75, 3.05) is 46.0 Å². The first-order valence-electron chi connectivity index (χ1n) is 11.3. The van der Waals surface area contributed by atoms with Gasteiger partial charge in [0.05, 0.1) is 38.5 Å². The van der Waals surface area contributed by atoms with Crippen LogP contribution in [0.5, 0.6) is 0 Å². The molecular formula is C21H37N3O5. The van der Waals surface area contributed by atoms with Crippen LogP contribution < -0.4 is 10.6 Å². The molecule has 3 fully saturated rings. The van der Waals surface area contributed by atoms with Gasteiger partial charge < -0.3 is 25.2 Å². The van der Waals surface area contributed by atoms with E-state index in [9.17, 15) is 14.7 Å². The lowest BCUT2D eigenvalue weighted by Gasteiger charge is -2.37. The Balaban J connectivity index is 1.35. The van der Waals surface area contributed by atoms with E-state index in [1.165, 1.54) is 6.42 Å². The third kappa shape index (κ3) is 7.20. The lowest BCUT2D eigenvalue weighted by molar-refractivity contribution is -0.131. The van der Waals surface area contributed by atoms with Gasteiger partial charge in [0.2, 0.25) is 11.8 Å². The highest BCUT2D eigenvalue weighted by atomic mass is 16.5. The van der Waals surface area contributed by atoms with E-state index in [1.807, 2.05) is 0 Å². The van der Waals surface area contributed by atoms with Crippen LogP contribution >= 0.6 is 0 Å². The van der Waals surface area contributed by atoms with Crippen LogP contribution in [0, 0.1) is 5.92 Å². The number of aliphatic hydroxyl groups is 1. The average Bonchev–Trinajstić information content (AvgIpc) is 2.76. The van der Waals surface area contributed by atoms with Crippen LogP contribution in [0.4, 0.5) is 0 Å². The molecule has 0 aromatic rings. The zero-order valence-corrected chi connectivity index (χ0v) is 17.4. The van der Waals surface area contributed by atoms with Gasteiger partial charge in [-0.25, -0.2) is 0 Å². The zero-order chi connectivity index (χ0) is 20.5. The van der Waals surface area contributed by atoms with Crippen LogP contribution in [0.15, 0.2) is 0 Å². The van der Waals surface area contributed by atoms with Gasteiger partial charge in [-0.05, 0) is 32.1 Å². The van der Waals surface area contributed by atoms with Gasteiger partial charge in [-0.15, -0.1) is 0 Å². The standard InChI is InChI=1S/C21H37N3O5/c25-15-19-18(23-20(26)14-24-10-12-28-13-11-24)7-6-17(29-19)8-9-22-21(27)16-4-2-1-3-5-16/h16-19,25H,1-15H2,(H,22,27)(H,23,26)/t17-,18+,19+/m0/s1. The normalized spacial score (nSPS) is 29.3. The molecule has 3 atom stereocenters. The topological polar surface area (TPSA) is 100 Å². The Kier molecular flexibility index (Phi) is 9.17. The lowest BCUT2D eigenvalue weighted by atomic mass is 9.88. The summed E-state index contributed by atoms with van der Waals surface area (Å²) < 4.78 is 11.3. The Bertz CT molecular complexity index is 520. The molecule has 2 aliphatic heterocycles. The number of rotatable bonds is 8. The van der Waals surface area contributed by atoms with Crippen LogP contribution in [0.1, 0.15) is 51.4 Å². The Morgan fingerprint density at radius 2 is 1.79 bits per heavy atom. The van der Waals surface area contributed by atoms with Gasteiger partial charge >= 0.3 is 0 Å². The highest BCUT2D eigenvalue weighted by Gasteiger charge is 2.32. The van der Waals surface area contributed by atoms with Gasteiger partial charge in [-0.3, -0.25) is 14.5 Å². The van der Waals surface area contributed by atoms with Crippen molar-refractivity contribution in [1.82, 2.24) is 15.5 Å². The average molecular weight is 412 g/mol. The Hall–Kier alpha value is -1.22. The van der Waals surface area contributed by atoms with E-state index in [-0.39, 0.29) is 36.5 Å². The predicted molar refractivity (Wildman–Crippen MR) is 108 cm³/mol. The number of carbonyl (C=O) groups excluding carboxylic acids is 2. The van der Waals surface area contributed by atoms with Gasteiger partial charge in [0.25, 0.3) is 0 Å². The van der Waals surface area contributed by atoms with Crippen molar-refractivity contribution in [3.8, 4) is 0 Å². The van der Waals surface area contributed by atoms with Crippen LogP contribution in [-0.2, 0) is 19.1 Å². The maximum atomic E-state index is 12.3. The monoisotopic (exact) mass is 411 g/mol. The van der Waals surface area contributed by atoms with Gasteiger partial charge in [0.15, 0.2) is 0 Å². The number of hydrogen-bond donors (Lipinski definition) is 3. The molecule has 0 aromatic heterocycles. The van der Waals surface area contributed by atoms with Crippen molar-refractivity contribution in [1.29, 1.82) is 0 Å². The first-order valence-corrected chi connectivity index (χ1v) is 11.3. The molecule has 3 aliphatic rings. The van der Waals surface area contributed by atoms with E-state index < -0.39 is 6.10 Å². The van der Waals surface area contributed by atoms with Crippen LogP contribution in [0.2, 0.25) is 0 Å². The van der Waals surface area contributed by atoms with E-state index in [0.717, 1.165) is 58.0 Å². The molecule has 0 unspecified atom stereocenters. The summed E-state index contributed by atoms with van der Waals surface area (Å²) in [5.74, 6) is 0.317. The van der Waals surface area contributed by atoms with Crippen molar-refractivity contribution in [2.24, 2.45) is 5.92 Å². The SMILES string of the molecule is O=C(CN1CCOCC1)N[C@@H]1CC[C@@H](CCNC(=O)C2CCCCC2)O[C@@H]1CO. The highest BCUT2D eigenvalue weighted by molar-refractivity contribution is 5.79. The molecule has 0 spiro atoms. The molecule has 0 bridgehead atoms. The summed E-state index contributed by atoms with van der Waals surface area (Å²) in [5.41, 5.74) is 0. The molecule has 2 heterocycles. The largest absolute Gasteiger partial charge is 0.394 e. The lowest BCUT2D eigenvalue weighted by Crippen LogP contribution is -2.53. The quantitative estimate of drug-likeness (QED) is 0.536. The maximum Gasteiger partial charge on any atom is 0.234 e. The summed E-state index contributed by atoms with van der Waals surface area (Å²) in [4.78, 5) is 26.7. The van der Waals surface area contributed by atoms with Crippen molar-refractivity contribution >= 4 is 11.8 Å². The van der Waals surface area contributed by atoms with E-state index in [0.29, 0.717) is 26.3 Å². The van der Waals surface area contributed by atoms with Crippen LogP contribution in [0.3, 0.4) is 0 Å². The number of hydrogen-bond acceptors (Lipinski definition) is 6. The summed E-state index contributed by atoms with van der Waals surface area (Å²) in [7, 11) is 0. The molecule has 3 N–H and O–H groups in total. The fourth-order valence-electron chi connectivity index (χ4n) is 4.59. The van der Waals surface area contributed by atoms with Crippen molar-refractivity contribution in [3.05, 3.63) is 0 Å². The molecule has 29 heavy (non-hydrogen) atoms. The summed E-state index contributed by atoms with van der Waals surface area (Å²) in [5, 5.41) is 15.8. The van der Waals surface area contributed by atoms with Crippen molar-refractivity contribution in [2.45, 2.75) is 69.6 Å². The van der Waals surface area contributed by atoms with Crippen molar-refractivity contribution < 1.29 is 24.2 Å². The summed E-state index contributed by atoms with van der Waals surface area (Å²) in [6.45, 7) is 3.71. The number of aliphatic hydroxyl groups excluding tert-OH is 1. The minimum Gasteiger partial charge on any atom is -0.394 e. The minimum atomic E-state index is -0.392. The van der Waals surface area contributed by atoms with Crippen molar-refractivity contribution in [3.63, 3.8) is 0 Å². The molecule has 1 aliphatic carbocycles. The number of morpholine rings is 1. The first-order chi connectivity index (χ1) is 14.2. The summed E-state index contributed by atoms with van der Waals surface area (Å²) in [6.07, 6.45) is 7.51. The number of carbonyl (C=O) groups is 2. The van der Waals surface area contributed by atoms with Gasteiger partial charge in [-0.1, -0.05) is 19.3 Å². The van der Waals surface area contributed by atoms with Crippen LogP contribution in [0.25, 0.3) is 0 Å². The molecule has 8 nitrogen and oxygen atoms in total. The molecule has 8 heteroatoms. The smallest absolute Gasteiger partial charge is 0.234 e. The second-order valence-electron chi connectivity index (χ2n) is 8.53. The van der Waals surface area contributed by atoms with E-state index in [2.05, 4.69) is 15.5 Å². The molecule has 3 rings (SSSR count). The Labute approximate surface area is 173 Å². The molecule has 2 amide bonds. The molecular weight excluding hydrogens is 374 g/mol. The van der Waals surface area contributed by atoms with E-state index >= 15 is 0 Å². The van der Waals surface area contributed by atoms with Gasteiger partial charge in [0.1, 0.15) is 6.10 Å². The fraction of sp³-hybridized carbons (Fsp3) is 0.905. The van der Waals surface area contributed by atoms with Gasteiger partial charge in [0, 0.05) is 25.6 Å². The minimum absolute atomic E-state index is 0.00574. The molecule has 1 saturated carbocycles. The second-order valence-corrected chi connectivity index (χ2v) is 8.53. The number of nitrogens with zero attached hydrogens (tertiary/aromatic N) is 1. The highest BCUT2D eigenvalue weighted by Crippen LogP contribution is 2.24. The number of nitrogens with one attached hydrogen (secondary N) is 2. The zero-order valence-electron chi connectivity index (χ0n) is 17.4. The maximum absolute atomic E-state index is 12.3. The Morgan fingerprint density at radius 1 is 1.03 bits per heavy atom. The molecule has 2 saturated heterocycles. The summed E-state index contributed by atoms with van der Waals surface area (Å²) >= 11 is 0. The Morgan fingerprint density at radius 3 is 2.52 bits per heavy atom. The predicted octanol–water partition coefficient (Wildman–Crippen LogP) is 0.430.